The maximum Gasteiger partial charge on any atom is 0.257 e. The van der Waals surface area contributed by atoms with Crippen LogP contribution in [-0.4, -0.2) is 28.3 Å². The number of aryl methyl sites for hydroxylation is 1. The normalized spacial score (nSPS) is 16.1. The van der Waals surface area contributed by atoms with Crippen LogP contribution in [0.2, 0.25) is 5.02 Å². The molecule has 0 aliphatic carbocycles. The molecule has 0 fully saturated rings. The number of benzene rings is 1. The third-order valence-corrected chi connectivity index (χ3v) is 5.83. The largest absolute Gasteiger partial charge is 0.495 e. The van der Waals surface area contributed by atoms with Gasteiger partial charge in [0.25, 0.3) is 5.56 Å². The van der Waals surface area contributed by atoms with Gasteiger partial charge in [0.1, 0.15) is 5.75 Å². The van der Waals surface area contributed by atoms with E-state index in [0.717, 1.165) is 5.69 Å². The second-order valence-corrected chi connectivity index (χ2v) is 7.47. The predicted octanol–water partition coefficient (Wildman–Crippen LogP) is 3.14. The van der Waals surface area contributed by atoms with Crippen molar-refractivity contribution in [2.75, 3.05) is 18.2 Å². The van der Waals surface area contributed by atoms with Crippen molar-refractivity contribution in [2.24, 2.45) is 5.92 Å². The number of rotatable bonds is 4. The van der Waals surface area contributed by atoms with E-state index >= 15 is 0 Å². The summed E-state index contributed by atoms with van der Waals surface area (Å²) in [5.74, 6) is 0.662. The van der Waals surface area contributed by atoms with Crippen molar-refractivity contribution in [3.05, 3.63) is 44.8 Å². The molecule has 2 aromatic rings. The Morgan fingerprint density at radius 2 is 2.27 bits per heavy atom. The van der Waals surface area contributed by atoms with Crippen LogP contribution >= 0.6 is 23.4 Å². The molecule has 0 saturated carbocycles. The summed E-state index contributed by atoms with van der Waals surface area (Å²) in [7, 11) is 1.54. The lowest BCUT2D eigenvalue weighted by molar-refractivity contribution is -0.119. The fourth-order valence-corrected chi connectivity index (χ4v) is 4.33. The van der Waals surface area contributed by atoms with Gasteiger partial charge in [-0.05, 0) is 31.5 Å². The SMILES string of the molecule is CCc1c(C)nc2n(c1=O)CC(C(=O)Nc1ccc(OC)c(Cl)c1)CS2. The molecule has 1 atom stereocenters. The second-order valence-electron chi connectivity index (χ2n) is 6.07. The number of nitrogens with zero attached hydrogens (tertiary/aromatic N) is 2. The molecule has 1 aromatic heterocycles. The lowest BCUT2D eigenvalue weighted by atomic mass is 10.1. The van der Waals surface area contributed by atoms with E-state index in [2.05, 4.69) is 10.3 Å². The van der Waals surface area contributed by atoms with Gasteiger partial charge in [-0.2, -0.15) is 0 Å². The van der Waals surface area contributed by atoms with E-state index in [-0.39, 0.29) is 17.4 Å². The van der Waals surface area contributed by atoms with Gasteiger partial charge in [-0.25, -0.2) is 4.98 Å². The van der Waals surface area contributed by atoms with Gasteiger partial charge in [0.05, 0.1) is 18.1 Å². The number of fused-ring (bicyclic) bond motifs is 1. The lowest BCUT2D eigenvalue weighted by Gasteiger charge is -2.25. The molecule has 1 aromatic carbocycles. The summed E-state index contributed by atoms with van der Waals surface area (Å²) in [6.45, 7) is 4.12. The first-order chi connectivity index (χ1) is 12.4. The molecule has 8 heteroatoms. The molecule has 1 amide bonds. The zero-order valence-corrected chi connectivity index (χ0v) is 16.4. The Balaban J connectivity index is 1.79. The molecule has 1 aliphatic heterocycles. The Kier molecular flexibility index (Phi) is 5.58. The number of carbonyl (C=O) groups excluding carboxylic acids is 1. The van der Waals surface area contributed by atoms with Crippen LogP contribution in [0.25, 0.3) is 0 Å². The highest BCUT2D eigenvalue weighted by Crippen LogP contribution is 2.29. The average molecular weight is 394 g/mol. The molecule has 26 heavy (non-hydrogen) atoms. The van der Waals surface area contributed by atoms with Crippen LogP contribution in [0.15, 0.2) is 28.2 Å². The lowest BCUT2D eigenvalue weighted by Crippen LogP contribution is -2.38. The Hall–Kier alpha value is -1.99. The molecule has 0 saturated heterocycles. The number of aromatic nitrogens is 2. The van der Waals surface area contributed by atoms with Crippen molar-refractivity contribution >= 4 is 35.0 Å². The van der Waals surface area contributed by atoms with Crippen molar-refractivity contribution in [1.29, 1.82) is 0 Å². The van der Waals surface area contributed by atoms with E-state index in [0.29, 0.717) is 45.9 Å². The summed E-state index contributed by atoms with van der Waals surface area (Å²) in [6, 6.07) is 5.08. The first-order valence-electron chi connectivity index (χ1n) is 8.32. The van der Waals surface area contributed by atoms with E-state index in [1.165, 1.54) is 18.9 Å². The summed E-state index contributed by atoms with van der Waals surface area (Å²) in [5.41, 5.74) is 2.03. The molecule has 0 radical (unpaired) electrons. The smallest absolute Gasteiger partial charge is 0.257 e. The fraction of sp³-hybridized carbons (Fsp3) is 0.389. The van der Waals surface area contributed by atoms with Gasteiger partial charge in [0, 0.05) is 29.2 Å². The van der Waals surface area contributed by atoms with Gasteiger partial charge in [-0.15, -0.1) is 0 Å². The highest BCUT2D eigenvalue weighted by atomic mass is 35.5. The molecule has 1 aliphatic rings. The summed E-state index contributed by atoms with van der Waals surface area (Å²) < 4.78 is 6.73. The number of halogens is 1. The zero-order chi connectivity index (χ0) is 18.8. The van der Waals surface area contributed by atoms with Crippen LogP contribution in [0.1, 0.15) is 18.2 Å². The van der Waals surface area contributed by atoms with Gasteiger partial charge in [0.15, 0.2) is 5.16 Å². The minimum Gasteiger partial charge on any atom is -0.495 e. The Morgan fingerprint density at radius 3 is 2.92 bits per heavy atom. The molecule has 0 spiro atoms. The highest BCUT2D eigenvalue weighted by molar-refractivity contribution is 7.99. The third-order valence-electron chi connectivity index (χ3n) is 4.39. The molecular weight excluding hydrogens is 374 g/mol. The predicted molar refractivity (Wildman–Crippen MR) is 103 cm³/mol. The van der Waals surface area contributed by atoms with Crippen LogP contribution < -0.4 is 15.6 Å². The Labute approximate surface area is 160 Å². The van der Waals surface area contributed by atoms with E-state index in [1.807, 2.05) is 13.8 Å². The number of carbonyl (C=O) groups is 1. The fourth-order valence-electron chi connectivity index (χ4n) is 2.95. The molecule has 1 N–H and O–H groups in total. The number of hydrogen-bond donors (Lipinski definition) is 1. The van der Waals surface area contributed by atoms with Gasteiger partial charge in [-0.1, -0.05) is 30.3 Å². The van der Waals surface area contributed by atoms with Crippen molar-refractivity contribution in [1.82, 2.24) is 9.55 Å². The molecule has 1 unspecified atom stereocenters. The van der Waals surface area contributed by atoms with Gasteiger partial charge in [-0.3, -0.25) is 14.2 Å². The summed E-state index contributed by atoms with van der Waals surface area (Å²) >= 11 is 7.54. The molecule has 3 rings (SSSR count). The first kappa shape index (κ1) is 18.8. The van der Waals surface area contributed by atoms with Crippen molar-refractivity contribution in [3.63, 3.8) is 0 Å². The number of ether oxygens (including phenoxy) is 1. The standard InChI is InChI=1S/C18H20ClN3O3S/c1-4-13-10(2)20-18-22(17(13)24)8-11(9-26-18)16(23)21-12-5-6-15(25-3)14(19)7-12/h5-7,11H,4,8-9H2,1-3H3,(H,21,23). The molecule has 0 bridgehead atoms. The van der Waals surface area contributed by atoms with Gasteiger partial charge in [0.2, 0.25) is 5.91 Å². The van der Waals surface area contributed by atoms with Crippen molar-refractivity contribution in [3.8, 4) is 5.75 Å². The molecule has 138 valence electrons. The Bertz CT molecular complexity index is 913. The highest BCUT2D eigenvalue weighted by Gasteiger charge is 2.28. The summed E-state index contributed by atoms with van der Waals surface area (Å²) in [5, 5.41) is 3.98. The Morgan fingerprint density at radius 1 is 1.50 bits per heavy atom. The average Bonchev–Trinajstić information content (AvgIpc) is 2.62. The number of anilines is 1. The van der Waals surface area contributed by atoms with Crippen LogP contribution in [-0.2, 0) is 17.8 Å². The van der Waals surface area contributed by atoms with E-state index in [4.69, 9.17) is 16.3 Å². The monoisotopic (exact) mass is 393 g/mol. The van der Waals surface area contributed by atoms with Crippen LogP contribution in [0.4, 0.5) is 5.69 Å². The van der Waals surface area contributed by atoms with Crippen LogP contribution in [0.5, 0.6) is 5.75 Å². The van der Waals surface area contributed by atoms with Gasteiger partial charge >= 0.3 is 0 Å². The van der Waals surface area contributed by atoms with Crippen molar-refractivity contribution < 1.29 is 9.53 Å². The number of thioether (sulfide) groups is 1. The number of nitrogens with one attached hydrogen (secondary N) is 1. The number of hydrogen-bond acceptors (Lipinski definition) is 5. The quantitative estimate of drug-likeness (QED) is 0.808. The van der Waals surface area contributed by atoms with Crippen LogP contribution in [0.3, 0.4) is 0 Å². The van der Waals surface area contributed by atoms with Crippen molar-refractivity contribution in [2.45, 2.75) is 32.0 Å². The molecular formula is C18H20ClN3O3S. The van der Waals surface area contributed by atoms with Gasteiger partial charge < -0.3 is 10.1 Å². The summed E-state index contributed by atoms with van der Waals surface area (Å²) in [4.78, 5) is 29.8. The minimum absolute atomic E-state index is 0.0486. The zero-order valence-electron chi connectivity index (χ0n) is 14.8. The van der Waals surface area contributed by atoms with E-state index in [1.54, 1.807) is 22.8 Å². The molecule has 2 heterocycles. The minimum atomic E-state index is -0.319. The third kappa shape index (κ3) is 3.59. The first-order valence-corrected chi connectivity index (χ1v) is 9.68. The number of amides is 1. The van der Waals surface area contributed by atoms with E-state index in [9.17, 15) is 9.59 Å². The topological polar surface area (TPSA) is 73.2 Å². The van der Waals surface area contributed by atoms with E-state index < -0.39 is 0 Å². The maximum atomic E-state index is 12.7. The second kappa shape index (κ2) is 7.72. The molecule has 6 nitrogen and oxygen atoms in total. The summed E-state index contributed by atoms with van der Waals surface area (Å²) in [6.07, 6.45) is 0.629. The maximum absolute atomic E-state index is 12.7. The number of methoxy groups -OCH3 is 1. The van der Waals surface area contributed by atoms with Crippen LogP contribution in [0, 0.1) is 12.8 Å².